The predicted octanol–water partition coefficient (Wildman–Crippen LogP) is 2.44. The van der Waals surface area contributed by atoms with Crippen LogP contribution >= 0.6 is 11.3 Å². The van der Waals surface area contributed by atoms with Gasteiger partial charge in [-0.2, -0.15) is 9.61 Å². The lowest BCUT2D eigenvalue weighted by molar-refractivity contribution is -0.121. The third-order valence-corrected chi connectivity index (χ3v) is 5.49. The maximum atomic E-state index is 12.1. The van der Waals surface area contributed by atoms with Crippen LogP contribution in [0.3, 0.4) is 0 Å². The van der Waals surface area contributed by atoms with E-state index in [1.165, 1.54) is 32.1 Å². The third kappa shape index (κ3) is 2.99. The molecular weight excluding hydrogens is 298 g/mol. The van der Waals surface area contributed by atoms with Crippen LogP contribution in [0.15, 0.2) is 0 Å². The average Bonchev–Trinajstić information content (AvgIpc) is 3.16. The van der Waals surface area contributed by atoms with Gasteiger partial charge < -0.3 is 5.32 Å². The fourth-order valence-electron chi connectivity index (χ4n) is 3.14. The number of hydrogen-bond acceptors (Lipinski definition) is 5. The van der Waals surface area contributed by atoms with Gasteiger partial charge in [0.1, 0.15) is 5.01 Å². The van der Waals surface area contributed by atoms with Crippen LogP contribution in [-0.2, 0) is 11.2 Å². The van der Waals surface area contributed by atoms with E-state index in [1.807, 2.05) is 4.52 Å². The maximum absolute atomic E-state index is 12.1. The second kappa shape index (κ2) is 5.95. The molecule has 0 unspecified atom stereocenters. The van der Waals surface area contributed by atoms with E-state index < -0.39 is 0 Å². The number of aryl methyl sites for hydroxylation is 1. The molecule has 2 aromatic heterocycles. The normalized spacial score (nSPS) is 19.6. The van der Waals surface area contributed by atoms with Crippen LogP contribution in [0.1, 0.15) is 68.1 Å². The Bertz CT molecular complexity index is 669. The molecule has 2 aliphatic rings. The topological polar surface area (TPSA) is 72.2 Å². The van der Waals surface area contributed by atoms with E-state index in [-0.39, 0.29) is 5.91 Å². The van der Waals surface area contributed by atoms with Crippen molar-refractivity contribution in [1.82, 2.24) is 25.1 Å². The molecule has 0 saturated heterocycles. The minimum Gasteiger partial charge on any atom is -0.353 e. The zero-order valence-electron chi connectivity index (χ0n) is 12.6. The smallest absolute Gasteiger partial charge is 0.234 e. The van der Waals surface area contributed by atoms with Crippen molar-refractivity contribution >= 4 is 22.2 Å². The Morgan fingerprint density at radius 3 is 2.77 bits per heavy atom. The summed E-state index contributed by atoms with van der Waals surface area (Å²) in [6.45, 7) is 0. The van der Waals surface area contributed by atoms with Crippen LogP contribution in [0.4, 0.5) is 0 Å². The molecule has 118 valence electrons. The Kier molecular flexibility index (Phi) is 3.82. The lowest BCUT2D eigenvalue weighted by Crippen LogP contribution is -2.36. The molecule has 0 bridgehead atoms. The fourth-order valence-corrected chi connectivity index (χ4v) is 3.98. The van der Waals surface area contributed by atoms with Crippen LogP contribution < -0.4 is 5.32 Å². The number of carbonyl (C=O) groups is 1. The van der Waals surface area contributed by atoms with Crippen molar-refractivity contribution in [3.63, 3.8) is 0 Å². The zero-order chi connectivity index (χ0) is 14.9. The molecule has 22 heavy (non-hydrogen) atoms. The molecule has 6 nitrogen and oxygen atoms in total. The first-order valence-electron chi connectivity index (χ1n) is 8.30. The Hall–Kier alpha value is -1.50. The number of nitrogens with one attached hydrogen (secondary N) is 1. The van der Waals surface area contributed by atoms with Crippen LogP contribution in [-0.4, -0.2) is 31.8 Å². The van der Waals surface area contributed by atoms with Crippen LogP contribution in [0.5, 0.6) is 0 Å². The van der Waals surface area contributed by atoms with Crippen LogP contribution in [0, 0.1) is 0 Å². The highest BCUT2D eigenvalue weighted by atomic mass is 32.1. The minimum atomic E-state index is 0.153. The van der Waals surface area contributed by atoms with Crippen molar-refractivity contribution in [2.45, 2.75) is 69.7 Å². The number of fused-ring (bicyclic) bond motifs is 1. The van der Waals surface area contributed by atoms with Gasteiger partial charge in [-0.15, -0.1) is 10.2 Å². The van der Waals surface area contributed by atoms with Gasteiger partial charge in [-0.05, 0) is 25.7 Å². The lowest BCUT2D eigenvalue weighted by atomic mass is 9.95. The zero-order valence-corrected chi connectivity index (χ0v) is 13.4. The fraction of sp³-hybridized carbons (Fsp3) is 0.733. The number of nitrogens with zero attached hydrogens (tertiary/aromatic N) is 4. The van der Waals surface area contributed by atoms with Gasteiger partial charge in [0.2, 0.25) is 10.9 Å². The summed E-state index contributed by atoms with van der Waals surface area (Å²) >= 11 is 1.55. The Labute approximate surface area is 133 Å². The second-order valence-corrected chi connectivity index (χ2v) is 7.47. The molecule has 0 aromatic carbocycles. The summed E-state index contributed by atoms with van der Waals surface area (Å²) in [6, 6.07) is 0.389. The van der Waals surface area contributed by atoms with E-state index in [0.29, 0.717) is 24.8 Å². The van der Waals surface area contributed by atoms with Crippen molar-refractivity contribution < 1.29 is 4.79 Å². The molecule has 2 fully saturated rings. The highest BCUT2D eigenvalue weighted by Gasteiger charge is 2.30. The van der Waals surface area contributed by atoms with Crippen molar-refractivity contribution in [3.05, 3.63) is 10.8 Å². The number of amides is 1. The van der Waals surface area contributed by atoms with Gasteiger partial charge >= 0.3 is 0 Å². The van der Waals surface area contributed by atoms with Gasteiger partial charge in [0, 0.05) is 24.8 Å². The lowest BCUT2D eigenvalue weighted by Gasteiger charge is -2.22. The summed E-state index contributed by atoms with van der Waals surface area (Å²) < 4.78 is 1.87. The molecule has 1 N–H and O–H groups in total. The summed E-state index contributed by atoms with van der Waals surface area (Å²) in [5.41, 5.74) is 0. The number of aromatic nitrogens is 4. The minimum absolute atomic E-state index is 0.153. The molecule has 0 radical (unpaired) electrons. The van der Waals surface area contributed by atoms with Crippen molar-refractivity contribution in [1.29, 1.82) is 0 Å². The molecule has 2 heterocycles. The molecule has 2 aromatic rings. The maximum Gasteiger partial charge on any atom is 0.234 e. The van der Waals surface area contributed by atoms with E-state index in [4.69, 9.17) is 0 Å². The largest absolute Gasteiger partial charge is 0.353 e. The highest BCUT2D eigenvalue weighted by molar-refractivity contribution is 7.16. The van der Waals surface area contributed by atoms with Gasteiger partial charge in [0.15, 0.2) is 5.82 Å². The number of hydrogen-bond donors (Lipinski definition) is 1. The first-order chi connectivity index (χ1) is 10.8. The first kappa shape index (κ1) is 14.1. The summed E-state index contributed by atoms with van der Waals surface area (Å²) in [5.74, 6) is 1.68. The molecule has 4 rings (SSSR count). The summed E-state index contributed by atoms with van der Waals surface area (Å²) in [5, 5.41) is 17.1. The van der Waals surface area contributed by atoms with Crippen molar-refractivity contribution in [3.8, 4) is 0 Å². The van der Waals surface area contributed by atoms with Crippen molar-refractivity contribution in [2.75, 3.05) is 0 Å². The van der Waals surface area contributed by atoms with E-state index >= 15 is 0 Å². The van der Waals surface area contributed by atoms with Gasteiger partial charge in [-0.1, -0.05) is 30.6 Å². The Morgan fingerprint density at radius 2 is 2.00 bits per heavy atom. The number of carbonyl (C=O) groups excluding carboxylic acids is 1. The summed E-state index contributed by atoms with van der Waals surface area (Å²) in [4.78, 5) is 12.9. The summed E-state index contributed by atoms with van der Waals surface area (Å²) in [7, 11) is 0. The molecule has 0 aliphatic heterocycles. The second-order valence-electron chi connectivity index (χ2n) is 6.43. The van der Waals surface area contributed by atoms with Gasteiger partial charge in [-0.3, -0.25) is 4.79 Å². The molecule has 7 heteroatoms. The average molecular weight is 319 g/mol. The van der Waals surface area contributed by atoms with Crippen LogP contribution in [0.25, 0.3) is 4.96 Å². The van der Waals surface area contributed by atoms with E-state index in [9.17, 15) is 4.79 Å². The monoisotopic (exact) mass is 319 g/mol. The highest BCUT2D eigenvalue weighted by Crippen LogP contribution is 2.39. The first-order valence-corrected chi connectivity index (χ1v) is 9.11. The molecule has 0 atom stereocenters. The Morgan fingerprint density at radius 1 is 1.18 bits per heavy atom. The third-order valence-electron chi connectivity index (χ3n) is 4.54. The molecule has 2 saturated carbocycles. The van der Waals surface area contributed by atoms with Gasteiger partial charge in [0.25, 0.3) is 0 Å². The molecule has 2 aliphatic carbocycles. The molecule has 0 spiro atoms. The SMILES string of the molecule is O=C(CCc1nn2c(C3CC3)nnc2s1)NC1CCCCC1. The van der Waals surface area contributed by atoms with Gasteiger partial charge in [-0.25, -0.2) is 0 Å². The molecular formula is C15H21N5OS. The van der Waals surface area contributed by atoms with Gasteiger partial charge in [0.05, 0.1) is 0 Å². The van der Waals surface area contributed by atoms with Crippen molar-refractivity contribution in [2.24, 2.45) is 0 Å². The molecule has 1 amide bonds. The number of rotatable bonds is 5. The predicted molar refractivity (Wildman–Crippen MR) is 84.0 cm³/mol. The Balaban J connectivity index is 1.33. The van der Waals surface area contributed by atoms with E-state index in [0.717, 1.165) is 28.6 Å². The van der Waals surface area contributed by atoms with E-state index in [2.05, 4.69) is 20.6 Å². The van der Waals surface area contributed by atoms with Crippen LogP contribution in [0.2, 0.25) is 0 Å². The van der Waals surface area contributed by atoms with E-state index in [1.54, 1.807) is 11.3 Å². The summed E-state index contributed by atoms with van der Waals surface area (Å²) in [6.07, 6.45) is 9.64. The quantitative estimate of drug-likeness (QED) is 0.919. The standard InChI is InChI=1S/C15H21N5OS/c21-12(16-11-4-2-1-3-5-11)8-9-13-19-20-14(10-6-7-10)17-18-15(20)22-13/h10-11H,1-9H2,(H,16,21).